The van der Waals surface area contributed by atoms with E-state index in [9.17, 15) is 19.2 Å². The van der Waals surface area contributed by atoms with E-state index in [0.717, 1.165) is 6.42 Å². The summed E-state index contributed by atoms with van der Waals surface area (Å²) in [6.07, 6.45) is 1.97. The van der Waals surface area contributed by atoms with Crippen molar-refractivity contribution < 1.29 is 29.4 Å². The van der Waals surface area contributed by atoms with Gasteiger partial charge in [0.15, 0.2) is 5.78 Å². The summed E-state index contributed by atoms with van der Waals surface area (Å²) in [4.78, 5) is 45.4. The van der Waals surface area contributed by atoms with Crippen LogP contribution in [0.5, 0.6) is 0 Å². The molecular formula is C19H35N3O6. The van der Waals surface area contributed by atoms with Crippen LogP contribution in [-0.2, 0) is 19.2 Å². The Morgan fingerprint density at radius 3 is 1.89 bits per heavy atom. The second-order valence-electron chi connectivity index (χ2n) is 8.04. The number of ketones is 1. The topological polar surface area (TPSA) is 164 Å². The summed E-state index contributed by atoms with van der Waals surface area (Å²) in [5.74, 6) is -2.00. The molecule has 9 nitrogen and oxygen atoms in total. The third-order valence-corrected chi connectivity index (χ3v) is 4.33. The molecule has 162 valence electrons. The first-order valence-corrected chi connectivity index (χ1v) is 9.65. The van der Waals surface area contributed by atoms with E-state index in [1.165, 1.54) is 4.90 Å². The van der Waals surface area contributed by atoms with Gasteiger partial charge in [-0.05, 0) is 37.5 Å². The minimum atomic E-state index is -1.11. The van der Waals surface area contributed by atoms with E-state index in [4.69, 9.17) is 21.7 Å². The second-order valence-corrected chi connectivity index (χ2v) is 8.04. The van der Waals surface area contributed by atoms with Gasteiger partial charge in [-0.1, -0.05) is 27.7 Å². The number of amides is 1. The lowest BCUT2D eigenvalue weighted by atomic mass is 10.00. The lowest BCUT2D eigenvalue weighted by molar-refractivity contribution is -0.148. The van der Waals surface area contributed by atoms with Crippen molar-refractivity contribution in [3.05, 3.63) is 0 Å². The molecule has 28 heavy (non-hydrogen) atoms. The Balaban J connectivity index is 0.000000546. The predicted molar refractivity (Wildman–Crippen MR) is 104 cm³/mol. The Labute approximate surface area is 166 Å². The quantitative estimate of drug-likeness (QED) is 0.413. The van der Waals surface area contributed by atoms with Crippen molar-refractivity contribution in [2.45, 2.75) is 77.9 Å². The molecule has 0 unspecified atom stereocenters. The average Bonchev–Trinajstić information content (AvgIpc) is 3.02. The fraction of sp³-hybridized carbons (Fsp3) is 0.789. The molecule has 3 atom stereocenters. The molecule has 0 spiro atoms. The molecule has 1 aliphatic rings. The molecule has 1 heterocycles. The van der Waals surface area contributed by atoms with Crippen molar-refractivity contribution in [3.63, 3.8) is 0 Å². The zero-order chi connectivity index (χ0) is 22.0. The van der Waals surface area contributed by atoms with Crippen LogP contribution in [0, 0.1) is 11.8 Å². The molecule has 0 aromatic carbocycles. The van der Waals surface area contributed by atoms with Crippen LogP contribution in [0.3, 0.4) is 0 Å². The van der Waals surface area contributed by atoms with E-state index < -0.39 is 42.3 Å². The summed E-state index contributed by atoms with van der Waals surface area (Å²) in [6, 6.07) is -1.87. The number of nitrogens with zero attached hydrogens (tertiary/aromatic N) is 1. The number of rotatable bonds is 9. The number of Topliss-reactive ketones (excluding diaryl/α,β-unsaturated/α-hetero) is 1. The van der Waals surface area contributed by atoms with Crippen molar-refractivity contribution in [1.29, 1.82) is 0 Å². The van der Waals surface area contributed by atoms with Gasteiger partial charge in [0.1, 0.15) is 12.5 Å². The largest absolute Gasteiger partial charge is 0.481 e. The van der Waals surface area contributed by atoms with E-state index >= 15 is 0 Å². The van der Waals surface area contributed by atoms with Gasteiger partial charge in [-0.3, -0.25) is 14.4 Å². The minimum absolute atomic E-state index is 0.224. The normalized spacial score (nSPS) is 18.4. The maximum absolute atomic E-state index is 11.9. The maximum atomic E-state index is 11.9. The fourth-order valence-corrected chi connectivity index (χ4v) is 3.03. The summed E-state index contributed by atoms with van der Waals surface area (Å²) >= 11 is 0. The highest BCUT2D eigenvalue weighted by Crippen LogP contribution is 2.19. The van der Waals surface area contributed by atoms with Gasteiger partial charge < -0.3 is 26.6 Å². The van der Waals surface area contributed by atoms with E-state index in [1.54, 1.807) is 0 Å². The minimum Gasteiger partial charge on any atom is -0.481 e. The number of carbonyl (C=O) groups excluding carboxylic acids is 2. The van der Waals surface area contributed by atoms with Gasteiger partial charge in [0.2, 0.25) is 5.91 Å². The number of likely N-dealkylation sites (tertiary alicyclic amines) is 1. The number of hydrogen-bond donors (Lipinski definition) is 4. The van der Waals surface area contributed by atoms with Gasteiger partial charge in [0.05, 0.1) is 12.1 Å². The summed E-state index contributed by atoms with van der Waals surface area (Å²) in [6.45, 7) is 8.38. The SMILES string of the molecule is CC(C)C[C@H](N)C(=O)CC(=O)O.CC(C)C[C@H](N)C(=O)N1CCC[C@H]1C(=O)O. The molecule has 0 radical (unpaired) electrons. The van der Waals surface area contributed by atoms with Crippen LogP contribution in [-0.4, -0.2) is 63.4 Å². The molecule has 1 amide bonds. The van der Waals surface area contributed by atoms with Gasteiger partial charge in [-0.15, -0.1) is 0 Å². The van der Waals surface area contributed by atoms with Gasteiger partial charge in [-0.25, -0.2) is 4.79 Å². The first kappa shape index (κ1) is 26.0. The number of carbonyl (C=O) groups is 4. The van der Waals surface area contributed by atoms with Crippen LogP contribution in [0.2, 0.25) is 0 Å². The van der Waals surface area contributed by atoms with Crippen LogP contribution in [0.15, 0.2) is 0 Å². The highest BCUT2D eigenvalue weighted by molar-refractivity contribution is 5.97. The maximum Gasteiger partial charge on any atom is 0.326 e. The Morgan fingerprint density at radius 1 is 0.964 bits per heavy atom. The standard InChI is InChI=1S/C11H20N2O3.C8H15NO3/c1-7(2)6-8(12)10(14)13-5-3-4-9(13)11(15)16;1-5(2)3-6(9)7(10)4-8(11)12/h7-9H,3-6,12H2,1-2H3,(H,15,16);5-6H,3-4,9H2,1-2H3,(H,11,12)/t8-,9-;6-/m00/s1. The Morgan fingerprint density at radius 2 is 1.46 bits per heavy atom. The van der Waals surface area contributed by atoms with Gasteiger partial charge in [0.25, 0.3) is 0 Å². The molecule has 0 saturated carbocycles. The van der Waals surface area contributed by atoms with Gasteiger partial charge in [-0.2, -0.15) is 0 Å². The molecule has 1 aliphatic heterocycles. The summed E-state index contributed by atoms with van der Waals surface area (Å²) in [7, 11) is 0. The zero-order valence-electron chi connectivity index (χ0n) is 17.3. The van der Waals surface area contributed by atoms with Crippen LogP contribution in [0.25, 0.3) is 0 Å². The summed E-state index contributed by atoms with van der Waals surface area (Å²) in [5.41, 5.74) is 11.2. The first-order chi connectivity index (χ1) is 12.9. The monoisotopic (exact) mass is 401 g/mol. The van der Waals surface area contributed by atoms with Crippen molar-refractivity contribution >= 4 is 23.6 Å². The Kier molecular flexibility index (Phi) is 11.6. The molecule has 1 fully saturated rings. The Bertz CT molecular complexity index is 550. The molecule has 6 N–H and O–H groups in total. The van der Waals surface area contributed by atoms with E-state index in [1.807, 2.05) is 27.7 Å². The summed E-state index contributed by atoms with van der Waals surface area (Å²) < 4.78 is 0. The van der Waals surface area contributed by atoms with Crippen LogP contribution in [0.4, 0.5) is 0 Å². The third kappa shape index (κ3) is 9.80. The second kappa shape index (κ2) is 12.5. The smallest absolute Gasteiger partial charge is 0.326 e. The molecule has 1 saturated heterocycles. The molecule has 9 heteroatoms. The van der Waals surface area contributed by atoms with Gasteiger partial charge in [0, 0.05) is 6.54 Å². The zero-order valence-corrected chi connectivity index (χ0v) is 17.3. The molecular weight excluding hydrogens is 366 g/mol. The van der Waals surface area contributed by atoms with E-state index in [0.29, 0.717) is 37.6 Å². The molecule has 0 aliphatic carbocycles. The molecule has 0 aromatic heterocycles. The lowest BCUT2D eigenvalue weighted by Crippen LogP contribution is -2.48. The fourth-order valence-electron chi connectivity index (χ4n) is 3.03. The number of hydrogen-bond acceptors (Lipinski definition) is 6. The summed E-state index contributed by atoms with van der Waals surface area (Å²) in [5, 5.41) is 17.3. The van der Waals surface area contributed by atoms with Crippen LogP contribution >= 0.6 is 0 Å². The van der Waals surface area contributed by atoms with Crippen molar-refractivity contribution in [2.24, 2.45) is 23.3 Å². The number of aliphatic carboxylic acids is 2. The van der Waals surface area contributed by atoms with Crippen molar-refractivity contribution in [1.82, 2.24) is 4.90 Å². The van der Waals surface area contributed by atoms with Crippen LogP contribution < -0.4 is 11.5 Å². The van der Waals surface area contributed by atoms with Crippen molar-refractivity contribution in [2.75, 3.05) is 6.54 Å². The highest BCUT2D eigenvalue weighted by Gasteiger charge is 2.36. The number of carboxylic acids is 2. The van der Waals surface area contributed by atoms with Crippen LogP contribution in [0.1, 0.15) is 59.8 Å². The van der Waals surface area contributed by atoms with Gasteiger partial charge >= 0.3 is 11.9 Å². The van der Waals surface area contributed by atoms with E-state index in [2.05, 4.69) is 0 Å². The number of carboxylic acid groups (broad SMARTS) is 2. The van der Waals surface area contributed by atoms with E-state index in [-0.39, 0.29) is 5.91 Å². The van der Waals surface area contributed by atoms with Crippen molar-refractivity contribution in [3.8, 4) is 0 Å². The average molecular weight is 402 g/mol. The molecule has 0 aromatic rings. The molecule has 1 rings (SSSR count). The first-order valence-electron chi connectivity index (χ1n) is 9.65. The Hall–Kier alpha value is -2.00. The molecule has 0 bridgehead atoms. The third-order valence-electron chi connectivity index (χ3n) is 4.33. The lowest BCUT2D eigenvalue weighted by Gasteiger charge is -2.25. The predicted octanol–water partition coefficient (Wildman–Crippen LogP) is 0.839. The highest BCUT2D eigenvalue weighted by atomic mass is 16.4. The number of nitrogens with two attached hydrogens (primary N) is 2.